The van der Waals surface area contributed by atoms with Crippen LogP contribution >= 0.6 is 0 Å². The fraction of sp³-hybridized carbons (Fsp3) is 0.500. The fourth-order valence-electron chi connectivity index (χ4n) is 5.76. The molecule has 1 amide bonds. The number of sulfonamides is 1. The van der Waals surface area contributed by atoms with Crippen molar-refractivity contribution in [1.29, 1.82) is 0 Å². The van der Waals surface area contributed by atoms with E-state index in [1.54, 1.807) is 31.2 Å². The van der Waals surface area contributed by atoms with Gasteiger partial charge in [0.1, 0.15) is 23.5 Å². The molecule has 2 atom stereocenters. The van der Waals surface area contributed by atoms with Gasteiger partial charge in [0.05, 0.1) is 12.1 Å². The number of amides is 1. The standard InChI is InChI=1S/C26H30F2N2O5S/c1-18-7-8-24(19-5-3-2-4-6-19)36(32,33)30(18)17-20-15-23(28)21(16-22(20)27)26(9-12-34-13-10-26)29-11-14-35-25(29)31/h2-6,15-16,18,24H,7-14,17H2,1H3/t18-,24+/m0/s1. The van der Waals surface area contributed by atoms with Crippen LogP contribution in [0.1, 0.15) is 54.5 Å². The number of rotatable bonds is 5. The Balaban J connectivity index is 1.48. The molecule has 0 saturated carbocycles. The van der Waals surface area contributed by atoms with Crippen LogP contribution in [0.2, 0.25) is 0 Å². The average molecular weight is 521 g/mol. The SMILES string of the molecule is C[C@H]1CC[C@H](c2ccccc2)S(=O)(=O)N1Cc1cc(F)c(C2(N3CCOC3=O)CCOCC2)cc1F. The molecule has 3 saturated heterocycles. The molecule has 10 heteroatoms. The molecule has 0 unspecified atom stereocenters. The van der Waals surface area contributed by atoms with Crippen molar-refractivity contribution in [3.05, 3.63) is 70.8 Å². The molecule has 0 N–H and O–H groups in total. The van der Waals surface area contributed by atoms with Crippen LogP contribution in [-0.4, -0.2) is 56.1 Å². The topological polar surface area (TPSA) is 76.2 Å². The molecule has 7 nitrogen and oxygen atoms in total. The van der Waals surface area contributed by atoms with Gasteiger partial charge >= 0.3 is 6.09 Å². The summed E-state index contributed by atoms with van der Waals surface area (Å²) in [6.45, 7) is 2.60. The second-order valence-corrected chi connectivity index (χ2v) is 11.8. The first-order chi connectivity index (χ1) is 17.2. The molecule has 194 valence electrons. The number of halogens is 2. The molecule has 3 heterocycles. The zero-order valence-corrected chi connectivity index (χ0v) is 21.0. The van der Waals surface area contributed by atoms with E-state index in [0.29, 0.717) is 44.5 Å². The van der Waals surface area contributed by atoms with Gasteiger partial charge in [-0.2, -0.15) is 4.31 Å². The Hall–Kier alpha value is -2.56. The molecule has 0 spiro atoms. The van der Waals surface area contributed by atoms with Crippen molar-refractivity contribution < 1.29 is 31.5 Å². The van der Waals surface area contributed by atoms with Crippen molar-refractivity contribution in [3.63, 3.8) is 0 Å². The summed E-state index contributed by atoms with van der Waals surface area (Å²) in [6.07, 6.45) is 1.15. The summed E-state index contributed by atoms with van der Waals surface area (Å²) in [5.41, 5.74) is -0.345. The number of cyclic esters (lactones) is 1. The third-order valence-electron chi connectivity index (χ3n) is 7.76. The van der Waals surface area contributed by atoms with E-state index in [-0.39, 0.29) is 36.9 Å². The Morgan fingerprint density at radius 1 is 1.03 bits per heavy atom. The first-order valence-electron chi connectivity index (χ1n) is 12.3. The van der Waals surface area contributed by atoms with E-state index in [1.165, 1.54) is 9.21 Å². The lowest BCUT2D eigenvalue weighted by atomic mass is 9.80. The maximum absolute atomic E-state index is 15.7. The van der Waals surface area contributed by atoms with E-state index in [0.717, 1.165) is 12.1 Å². The molecule has 0 aliphatic carbocycles. The lowest BCUT2D eigenvalue weighted by Crippen LogP contribution is -2.51. The molecule has 3 fully saturated rings. The largest absolute Gasteiger partial charge is 0.448 e. The van der Waals surface area contributed by atoms with Crippen LogP contribution in [0.15, 0.2) is 42.5 Å². The van der Waals surface area contributed by atoms with Crippen LogP contribution in [0.3, 0.4) is 0 Å². The van der Waals surface area contributed by atoms with E-state index < -0.39 is 38.5 Å². The number of nitrogens with zero attached hydrogens (tertiary/aromatic N) is 2. The van der Waals surface area contributed by atoms with Crippen LogP contribution < -0.4 is 0 Å². The summed E-state index contributed by atoms with van der Waals surface area (Å²) >= 11 is 0. The Labute approximate surface area is 210 Å². The van der Waals surface area contributed by atoms with E-state index >= 15 is 8.78 Å². The normalized spacial score (nSPS) is 26.1. The maximum atomic E-state index is 15.7. The molecule has 3 aliphatic heterocycles. The van der Waals surface area contributed by atoms with Gasteiger partial charge in [0.25, 0.3) is 0 Å². The highest BCUT2D eigenvalue weighted by atomic mass is 32.2. The van der Waals surface area contributed by atoms with Crippen molar-refractivity contribution in [3.8, 4) is 0 Å². The van der Waals surface area contributed by atoms with Crippen molar-refractivity contribution in [2.75, 3.05) is 26.4 Å². The van der Waals surface area contributed by atoms with Gasteiger partial charge in [0.2, 0.25) is 10.0 Å². The van der Waals surface area contributed by atoms with E-state index in [1.807, 2.05) is 6.07 Å². The Morgan fingerprint density at radius 2 is 1.75 bits per heavy atom. The van der Waals surface area contributed by atoms with Gasteiger partial charge in [0, 0.05) is 36.9 Å². The molecule has 0 bridgehead atoms. The lowest BCUT2D eigenvalue weighted by Gasteiger charge is -2.43. The molecule has 0 radical (unpaired) electrons. The number of benzene rings is 2. The second kappa shape index (κ2) is 9.72. The van der Waals surface area contributed by atoms with Crippen LogP contribution in [0.25, 0.3) is 0 Å². The molecule has 2 aromatic rings. The number of ether oxygens (including phenoxy) is 2. The Morgan fingerprint density at radius 3 is 2.42 bits per heavy atom. The highest BCUT2D eigenvalue weighted by Crippen LogP contribution is 2.43. The minimum absolute atomic E-state index is 0.0356. The molecule has 5 rings (SSSR count). The summed E-state index contributed by atoms with van der Waals surface area (Å²) < 4.78 is 70.1. The van der Waals surface area contributed by atoms with Crippen LogP contribution in [0.5, 0.6) is 0 Å². The highest BCUT2D eigenvalue weighted by molar-refractivity contribution is 7.89. The fourth-order valence-corrected chi connectivity index (χ4v) is 7.95. The third-order valence-corrected chi connectivity index (χ3v) is 10.1. The second-order valence-electron chi connectivity index (χ2n) is 9.75. The molecule has 0 aromatic heterocycles. The van der Waals surface area contributed by atoms with Crippen molar-refractivity contribution in [2.45, 2.75) is 56.0 Å². The number of carbonyl (C=O) groups excluding carboxylic acids is 1. The van der Waals surface area contributed by atoms with E-state index in [9.17, 15) is 13.2 Å². The van der Waals surface area contributed by atoms with Gasteiger partial charge in [-0.05, 0) is 50.3 Å². The van der Waals surface area contributed by atoms with Gasteiger partial charge in [0.15, 0.2) is 0 Å². The number of hydrogen-bond donors (Lipinski definition) is 0. The van der Waals surface area contributed by atoms with Crippen LogP contribution in [-0.2, 0) is 31.6 Å². The van der Waals surface area contributed by atoms with Crippen molar-refractivity contribution >= 4 is 16.1 Å². The van der Waals surface area contributed by atoms with Crippen LogP contribution in [0.4, 0.5) is 13.6 Å². The molecule has 3 aliphatic rings. The number of carbonyl (C=O) groups is 1. The van der Waals surface area contributed by atoms with Gasteiger partial charge in [-0.1, -0.05) is 30.3 Å². The molecular formula is C26H30F2N2O5S. The van der Waals surface area contributed by atoms with Crippen LogP contribution in [0, 0.1) is 11.6 Å². The predicted molar refractivity (Wildman–Crippen MR) is 128 cm³/mol. The average Bonchev–Trinajstić information content (AvgIpc) is 3.30. The summed E-state index contributed by atoms with van der Waals surface area (Å²) in [6, 6.07) is 10.8. The summed E-state index contributed by atoms with van der Waals surface area (Å²) in [4.78, 5) is 13.9. The first kappa shape index (κ1) is 25.1. The van der Waals surface area contributed by atoms with Gasteiger partial charge in [-0.25, -0.2) is 22.0 Å². The quantitative estimate of drug-likeness (QED) is 0.581. The minimum Gasteiger partial charge on any atom is -0.448 e. The Bertz CT molecular complexity index is 1230. The molecule has 36 heavy (non-hydrogen) atoms. The molecular weight excluding hydrogens is 490 g/mol. The van der Waals surface area contributed by atoms with Crippen molar-refractivity contribution in [1.82, 2.24) is 9.21 Å². The minimum atomic E-state index is -3.80. The van der Waals surface area contributed by atoms with Gasteiger partial charge in [-0.3, -0.25) is 4.90 Å². The Kier molecular flexibility index (Phi) is 6.78. The highest BCUT2D eigenvalue weighted by Gasteiger charge is 2.48. The summed E-state index contributed by atoms with van der Waals surface area (Å²) in [5, 5.41) is -0.728. The smallest absolute Gasteiger partial charge is 0.410 e. The number of hydrogen-bond acceptors (Lipinski definition) is 5. The molecule has 2 aromatic carbocycles. The zero-order valence-electron chi connectivity index (χ0n) is 20.2. The summed E-state index contributed by atoms with van der Waals surface area (Å²) in [5.74, 6) is -1.37. The van der Waals surface area contributed by atoms with Gasteiger partial charge in [-0.15, -0.1) is 0 Å². The predicted octanol–water partition coefficient (Wildman–Crippen LogP) is 4.48. The third kappa shape index (κ3) is 4.29. The first-order valence-corrected chi connectivity index (χ1v) is 13.8. The van der Waals surface area contributed by atoms with Gasteiger partial charge < -0.3 is 9.47 Å². The van der Waals surface area contributed by atoms with Crippen molar-refractivity contribution in [2.24, 2.45) is 0 Å². The maximum Gasteiger partial charge on any atom is 0.410 e. The summed E-state index contributed by atoms with van der Waals surface area (Å²) in [7, 11) is -3.80. The monoisotopic (exact) mass is 520 g/mol. The zero-order chi connectivity index (χ0) is 25.5. The lowest BCUT2D eigenvalue weighted by molar-refractivity contribution is -0.0108. The van der Waals surface area contributed by atoms with E-state index in [2.05, 4.69) is 0 Å². The van der Waals surface area contributed by atoms with E-state index in [4.69, 9.17) is 9.47 Å².